The van der Waals surface area contributed by atoms with E-state index in [-0.39, 0.29) is 11.7 Å². The van der Waals surface area contributed by atoms with E-state index < -0.39 is 15.7 Å². The fraction of sp³-hybridized carbons (Fsp3) is 0.250. The first-order chi connectivity index (χ1) is 10.5. The van der Waals surface area contributed by atoms with Gasteiger partial charge in [0.1, 0.15) is 0 Å². The van der Waals surface area contributed by atoms with Crippen molar-refractivity contribution in [2.75, 3.05) is 11.6 Å². The second-order valence-corrected chi connectivity index (χ2v) is 6.57. The molecule has 0 aliphatic rings. The Labute approximate surface area is 132 Å². The van der Waals surface area contributed by atoms with Crippen LogP contribution in [0, 0.1) is 10.1 Å². The van der Waals surface area contributed by atoms with Crippen molar-refractivity contribution < 1.29 is 9.13 Å². The zero-order valence-electron chi connectivity index (χ0n) is 12.5. The summed E-state index contributed by atoms with van der Waals surface area (Å²) in [6, 6.07) is 14.3. The Morgan fingerprint density at radius 2 is 1.91 bits per heavy atom. The summed E-state index contributed by atoms with van der Waals surface area (Å²) >= 11 is 0. The van der Waals surface area contributed by atoms with Gasteiger partial charge in [0.25, 0.3) is 5.69 Å². The van der Waals surface area contributed by atoms with E-state index in [2.05, 4.69) is 5.32 Å². The van der Waals surface area contributed by atoms with Gasteiger partial charge < -0.3 is 5.32 Å². The molecule has 0 fully saturated rings. The number of benzene rings is 2. The van der Waals surface area contributed by atoms with E-state index in [4.69, 9.17) is 0 Å². The van der Waals surface area contributed by atoms with E-state index in [1.54, 1.807) is 18.4 Å². The average Bonchev–Trinajstić information content (AvgIpc) is 2.47. The van der Waals surface area contributed by atoms with Crippen LogP contribution in [0.15, 0.2) is 48.5 Å². The highest BCUT2D eigenvalue weighted by molar-refractivity contribution is 7.83. The van der Waals surface area contributed by atoms with Gasteiger partial charge in [0, 0.05) is 46.7 Å². The van der Waals surface area contributed by atoms with E-state index in [0.717, 1.165) is 16.8 Å². The Morgan fingerprint density at radius 1 is 1.23 bits per heavy atom. The van der Waals surface area contributed by atoms with Crippen LogP contribution >= 0.6 is 0 Å². The maximum Gasteiger partial charge on any atom is 0.269 e. The highest BCUT2D eigenvalue weighted by Gasteiger charge is 2.09. The van der Waals surface area contributed by atoms with Crippen molar-refractivity contribution >= 4 is 22.2 Å². The molecule has 0 heterocycles. The van der Waals surface area contributed by atoms with Crippen LogP contribution in [0.25, 0.3) is 0 Å². The summed E-state index contributed by atoms with van der Waals surface area (Å²) in [6.07, 6.45) is 1.68. The normalized spacial score (nSPS) is 13.4. The Hall–Kier alpha value is -2.21. The van der Waals surface area contributed by atoms with Crippen molar-refractivity contribution in [1.82, 2.24) is 0 Å². The van der Waals surface area contributed by atoms with Gasteiger partial charge in [-0.1, -0.05) is 24.3 Å². The molecule has 2 aromatic carbocycles. The number of nitro benzene ring substituents is 1. The number of rotatable bonds is 6. The lowest BCUT2D eigenvalue weighted by Crippen LogP contribution is -2.07. The predicted molar refractivity (Wildman–Crippen MR) is 89.3 cm³/mol. The summed E-state index contributed by atoms with van der Waals surface area (Å²) in [5.41, 5.74) is 3.01. The summed E-state index contributed by atoms with van der Waals surface area (Å²) in [6.45, 7) is 1.99. The molecule has 5 nitrogen and oxygen atoms in total. The van der Waals surface area contributed by atoms with Crippen LogP contribution in [-0.4, -0.2) is 15.4 Å². The molecule has 116 valence electrons. The molecule has 0 aliphatic heterocycles. The number of non-ortho nitro benzene ring substituents is 1. The summed E-state index contributed by atoms with van der Waals surface area (Å²) in [5.74, 6) is 0.529. The van der Waals surface area contributed by atoms with Crippen LogP contribution < -0.4 is 5.32 Å². The highest BCUT2D eigenvalue weighted by Crippen LogP contribution is 2.22. The van der Waals surface area contributed by atoms with Gasteiger partial charge in [-0.05, 0) is 30.2 Å². The van der Waals surface area contributed by atoms with Gasteiger partial charge >= 0.3 is 0 Å². The first-order valence-corrected chi connectivity index (χ1v) is 8.58. The third-order valence-corrected chi connectivity index (χ3v) is 4.02. The lowest BCUT2D eigenvalue weighted by atomic mass is 10.1. The molecule has 2 atom stereocenters. The van der Waals surface area contributed by atoms with Crippen LogP contribution in [0.1, 0.15) is 24.1 Å². The topological polar surface area (TPSA) is 72.2 Å². The van der Waals surface area contributed by atoms with Crippen LogP contribution in [0.4, 0.5) is 11.4 Å². The fourth-order valence-electron chi connectivity index (χ4n) is 2.20. The molecule has 0 amide bonds. The summed E-state index contributed by atoms with van der Waals surface area (Å²) in [4.78, 5) is 10.3. The molecule has 0 bridgehead atoms. The number of nitrogens with zero attached hydrogens (tertiary/aromatic N) is 1. The van der Waals surface area contributed by atoms with Crippen molar-refractivity contribution in [2.24, 2.45) is 0 Å². The maximum absolute atomic E-state index is 11.3. The predicted octanol–water partition coefficient (Wildman–Crippen LogP) is 3.65. The summed E-state index contributed by atoms with van der Waals surface area (Å²) in [5, 5.41) is 14.0. The summed E-state index contributed by atoms with van der Waals surface area (Å²) in [7, 11) is -0.872. The van der Waals surface area contributed by atoms with E-state index in [1.807, 2.05) is 31.2 Å². The van der Waals surface area contributed by atoms with Gasteiger partial charge in [-0.25, -0.2) is 0 Å². The lowest BCUT2D eigenvalue weighted by Gasteiger charge is -2.16. The third-order valence-electron chi connectivity index (χ3n) is 3.28. The van der Waals surface area contributed by atoms with E-state index in [0.29, 0.717) is 5.75 Å². The number of nitrogens with one attached hydrogen (secondary N) is 1. The molecule has 0 unspecified atom stereocenters. The van der Waals surface area contributed by atoms with Gasteiger partial charge in [0.2, 0.25) is 0 Å². The van der Waals surface area contributed by atoms with Crippen LogP contribution in [0.3, 0.4) is 0 Å². The molecule has 6 heteroatoms. The molecule has 0 saturated heterocycles. The van der Waals surface area contributed by atoms with Crippen molar-refractivity contribution in [1.29, 1.82) is 0 Å². The van der Waals surface area contributed by atoms with Gasteiger partial charge in [-0.2, -0.15) is 0 Å². The first kappa shape index (κ1) is 16.2. The first-order valence-electron chi connectivity index (χ1n) is 6.85. The SMILES string of the molecule is C[C@@H](Nc1cccc(C[S@](C)=O)c1)c1ccc([N+](=O)[O-])cc1. The standard InChI is InChI=1S/C16H18N2O3S/c1-12(14-6-8-16(9-7-14)18(19)20)17-15-5-3-4-13(10-15)11-22(2)21/h3-10,12,17H,11H2,1-2H3/t12-,22+/m1/s1. The lowest BCUT2D eigenvalue weighted by molar-refractivity contribution is -0.384. The van der Waals surface area contributed by atoms with Crippen LogP contribution in [0.2, 0.25) is 0 Å². The van der Waals surface area contributed by atoms with Crippen molar-refractivity contribution in [3.05, 3.63) is 69.8 Å². The molecular formula is C16H18N2O3S. The monoisotopic (exact) mass is 318 g/mol. The van der Waals surface area contributed by atoms with Gasteiger partial charge in [0.15, 0.2) is 0 Å². The summed E-state index contributed by atoms with van der Waals surface area (Å²) < 4.78 is 11.3. The highest BCUT2D eigenvalue weighted by atomic mass is 32.2. The zero-order chi connectivity index (χ0) is 16.1. The third kappa shape index (κ3) is 4.39. The minimum absolute atomic E-state index is 0.0168. The molecule has 22 heavy (non-hydrogen) atoms. The Kier molecular flexibility index (Phi) is 5.27. The van der Waals surface area contributed by atoms with Crippen molar-refractivity contribution in [3.63, 3.8) is 0 Å². The second-order valence-electron chi connectivity index (χ2n) is 5.13. The molecule has 0 spiro atoms. The maximum atomic E-state index is 11.3. The Balaban J connectivity index is 2.09. The van der Waals surface area contributed by atoms with Crippen molar-refractivity contribution in [3.8, 4) is 0 Å². The number of hydrogen-bond acceptors (Lipinski definition) is 4. The average molecular weight is 318 g/mol. The minimum Gasteiger partial charge on any atom is -0.379 e. The molecule has 0 saturated carbocycles. The van der Waals surface area contributed by atoms with Gasteiger partial charge in [0.05, 0.1) is 4.92 Å². The van der Waals surface area contributed by atoms with Crippen LogP contribution in [-0.2, 0) is 16.6 Å². The van der Waals surface area contributed by atoms with Gasteiger partial charge in [-0.3, -0.25) is 14.3 Å². The van der Waals surface area contributed by atoms with Crippen molar-refractivity contribution in [2.45, 2.75) is 18.7 Å². The van der Waals surface area contributed by atoms with E-state index >= 15 is 0 Å². The van der Waals surface area contributed by atoms with E-state index in [9.17, 15) is 14.3 Å². The molecule has 1 N–H and O–H groups in total. The van der Waals surface area contributed by atoms with Gasteiger partial charge in [-0.15, -0.1) is 0 Å². The Morgan fingerprint density at radius 3 is 2.50 bits per heavy atom. The molecule has 0 aliphatic carbocycles. The minimum atomic E-state index is -0.872. The quantitative estimate of drug-likeness (QED) is 0.652. The van der Waals surface area contributed by atoms with E-state index in [1.165, 1.54) is 12.1 Å². The second kappa shape index (κ2) is 7.17. The number of anilines is 1. The largest absolute Gasteiger partial charge is 0.379 e. The number of hydrogen-bond donors (Lipinski definition) is 1. The smallest absolute Gasteiger partial charge is 0.269 e. The van der Waals surface area contributed by atoms with Crippen LogP contribution in [0.5, 0.6) is 0 Å². The molecule has 2 rings (SSSR count). The molecule has 0 radical (unpaired) electrons. The number of nitro groups is 1. The zero-order valence-corrected chi connectivity index (χ0v) is 13.3. The Bertz CT molecular complexity index is 686. The molecule has 2 aromatic rings. The fourth-order valence-corrected chi connectivity index (χ4v) is 2.85. The molecule has 0 aromatic heterocycles. The molecular weight excluding hydrogens is 300 g/mol.